The zero-order chi connectivity index (χ0) is 13.8. The van der Waals surface area contributed by atoms with Gasteiger partial charge in [0.25, 0.3) is 0 Å². The maximum atomic E-state index is 13.4. The number of hydrogen-bond acceptors (Lipinski definition) is 3. The van der Waals surface area contributed by atoms with Crippen molar-refractivity contribution in [2.75, 3.05) is 13.1 Å². The molecular formula is C14H19F2NO2. The van der Waals surface area contributed by atoms with Gasteiger partial charge in [-0.25, -0.2) is 8.78 Å². The summed E-state index contributed by atoms with van der Waals surface area (Å²) < 4.78 is 26.2. The fraction of sp³-hybridized carbons (Fsp3) is 0.571. The van der Waals surface area contributed by atoms with Crippen molar-refractivity contribution >= 4 is 0 Å². The number of hydrogen-bond donors (Lipinski definition) is 3. The summed E-state index contributed by atoms with van der Waals surface area (Å²) in [5, 5.41) is 22.3. The standard InChI is InChI=1S/C14H19F2NO2/c15-10-2-4-12(13(16)6-10)14(19)8-17-7-9-1-3-11(18)5-9/h2,4,6,9,11,14,17-19H,1,3,5,7-8H2. The number of aliphatic hydroxyl groups excluding tert-OH is 2. The zero-order valence-electron chi connectivity index (χ0n) is 10.6. The van der Waals surface area contributed by atoms with Crippen LogP contribution in [0.25, 0.3) is 0 Å². The molecule has 5 heteroatoms. The highest BCUT2D eigenvalue weighted by Gasteiger charge is 2.22. The van der Waals surface area contributed by atoms with Crippen molar-refractivity contribution in [3.05, 3.63) is 35.4 Å². The highest BCUT2D eigenvalue weighted by atomic mass is 19.1. The molecule has 0 amide bonds. The van der Waals surface area contributed by atoms with Gasteiger partial charge in [-0.05, 0) is 37.8 Å². The Kier molecular flexibility index (Phi) is 4.85. The highest BCUT2D eigenvalue weighted by Crippen LogP contribution is 2.24. The quantitative estimate of drug-likeness (QED) is 0.764. The van der Waals surface area contributed by atoms with Crippen LogP contribution in [0.2, 0.25) is 0 Å². The second-order valence-corrected chi connectivity index (χ2v) is 5.17. The fourth-order valence-corrected chi connectivity index (χ4v) is 2.54. The number of nitrogens with one attached hydrogen (secondary N) is 1. The van der Waals surface area contributed by atoms with E-state index in [4.69, 9.17) is 0 Å². The van der Waals surface area contributed by atoms with Crippen LogP contribution in [0.15, 0.2) is 18.2 Å². The molecule has 0 heterocycles. The number of halogens is 2. The van der Waals surface area contributed by atoms with Crippen LogP contribution in [0.4, 0.5) is 8.78 Å². The Morgan fingerprint density at radius 3 is 2.74 bits per heavy atom. The largest absolute Gasteiger partial charge is 0.393 e. The Hall–Kier alpha value is -1.04. The first kappa shape index (κ1) is 14.4. The maximum Gasteiger partial charge on any atom is 0.131 e. The lowest BCUT2D eigenvalue weighted by molar-refractivity contribution is 0.164. The highest BCUT2D eigenvalue weighted by molar-refractivity contribution is 5.21. The van der Waals surface area contributed by atoms with Crippen LogP contribution >= 0.6 is 0 Å². The summed E-state index contributed by atoms with van der Waals surface area (Å²) in [5.41, 5.74) is 0.0976. The summed E-state index contributed by atoms with van der Waals surface area (Å²) in [5.74, 6) is -0.979. The van der Waals surface area contributed by atoms with E-state index < -0.39 is 17.7 Å². The van der Waals surface area contributed by atoms with Crippen LogP contribution in [-0.2, 0) is 0 Å². The van der Waals surface area contributed by atoms with Crippen LogP contribution in [0.5, 0.6) is 0 Å². The maximum absolute atomic E-state index is 13.4. The molecule has 2 rings (SSSR count). The first-order valence-electron chi connectivity index (χ1n) is 6.58. The van der Waals surface area contributed by atoms with E-state index in [9.17, 15) is 19.0 Å². The Balaban J connectivity index is 1.79. The Morgan fingerprint density at radius 2 is 2.11 bits per heavy atom. The molecule has 1 aromatic rings. The van der Waals surface area contributed by atoms with E-state index in [2.05, 4.69) is 5.32 Å². The molecule has 19 heavy (non-hydrogen) atoms. The van der Waals surface area contributed by atoms with Gasteiger partial charge >= 0.3 is 0 Å². The van der Waals surface area contributed by atoms with Gasteiger partial charge in [-0.15, -0.1) is 0 Å². The van der Waals surface area contributed by atoms with Gasteiger partial charge in [-0.3, -0.25) is 0 Å². The third-order valence-corrected chi connectivity index (χ3v) is 3.61. The molecule has 1 saturated carbocycles. The number of rotatable bonds is 5. The average molecular weight is 271 g/mol. The van der Waals surface area contributed by atoms with Crippen molar-refractivity contribution in [1.29, 1.82) is 0 Å². The molecule has 3 unspecified atom stereocenters. The average Bonchev–Trinajstić information content (AvgIpc) is 2.75. The molecule has 1 aliphatic rings. The Bertz CT molecular complexity index is 428. The van der Waals surface area contributed by atoms with Crippen molar-refractivity contribution in [1.82, 2.24) is 5.32 Å². The SMILES string of the molecule is OC1CCC(CNCC(O)c2ccc(F)cc2F)C1. The van der Waals surface area contributed by atoms with Crippen molar-refractivity contribution < 1.29 is 19.0 Å². The summed E-state index contributed by atoms with van der Waals surface area (Å²) in [6.07, 6.45) is 1.35. The third-order valence-electron chi connectivity index (χ3n) is 3.61. The van der Waals surface area contributed by atoms with Crippen LogP contribution in [0, 0.1) is 17.6 Å². The van der Waals surface area contributed by atoms with E-state index in [0.717, 1.165) is 31.4 Å². The summed E-state index contributed by atoms with van der Waals surface area (Å²) in [6.45, 7) is 0.909. The van der Waals surface area contributed by atoms with Gasteiger partial charge in [0.15, 0.2) is 0 Å². The Morgan fingerprint density at radius 1 is 1.32 bits per heavy atom. The van der Waals surface area contributed by atoms with Crippen LogP contribution < -0.4 is 5.32 Å². The lowest BCUT2D eigenvalue weighted by Crippen LogP contribution is -2.27. The van der Waals surface area contributed by atoms with Gasteiger partial charge in [0, 0.05) is 18.2 Å². The second kappa shape index (κ2) is 6.41. The third kappa shape index (κ3) is 3.96. The molecular weight excluding hydrogens is 252 g/mol. The van der Waals surface area contributed by atoms with Crippen molar-refractivity contribution in [3.8, 4) is 0 Å². The molecule has 3 atom stereocenters. The molecule has 106 valence electrons. The van der Waals surface area contributed by atoms with Crippen molar-refractivity contribution in [3.63, 3.8) is 0 Å². The molecule has 1 aliphatic carbocycles. The summed E-state index contributed by atoms with van der Waals surface area (Å²) >= 11 is 0. The lowest BCUT2D eigenvalue weighted by atomic mass is 10.1. The molecule has 3 nitrogen and oxygen atoms in total. The first-order valence-corrected chi connectivity index (χ1v) is 6.58. The first-order chi connectivity index (χ1) is 9.06. The minimum absolute atomic E-state index is 0.0976. The minimum atomic E-state index is -0.994. The van der Waals surface area contributed by atoms with Gasteiger partial charge in [0.2, 0.25) is 0 Å². The summed E-state index contributed by atoms with van der Waals surface area (Å²) in [6, 6.07) is 3.16. The predicted octanol–water partition coefficient (Wildman–Crippen LogP) is 1.75. The van der Waals surface area contributed by atoms with E-state index in [1.165, 1.54) is 6.07 Å². The van der Waals surface area contributed by atoms with Gasteiger partial charge in [-0.1, -0.05) is 6.07 Å². The zero-order valence-corrected chi connectivity index (χ0v) is 10.6. The van der Waals surface area contributed by atoms with Crippen molar-refractivity contribution in [2.45, 2.75) is 31.5 Å². The van der Waals surface area contributed by atoms with Crippen LogP contribution in [0.1, 0.15) is 30.9 Å². The van der Waals surface area contributed by atoms with Gasteiger partial charge in [0.05, 0.1) is 12.2 Å². The van der Waals surface area contributed by atoms with E-state index in [1.807, 2.05) is 0 Å². The Labute approximate surface area is 111 Å². The smallest absolute Gasteiger partial charge is 0.131 e. The molecule has 0 bridgehead atoms. The summed E-state index contributed by atoms with van der Waals surface area (Å²) in [4.78, 5) is 0. The number of benzene rings is 1. The lowest BCUT2D eigenvalue weighted by Gasteiger charge is -2.15. The topological polar surface area (TPSA) is 52.5 Å². The van der Waals surface area contributed by atoms with Gasteiger partial charge in [0.1, 0.15) is 11.6 Å². The van der Waals surface area contributed by atoms with Crippen LogP contribution in [0.3, 0.4) is 0 Å². The predicted molar refractivity (Wildman–Crippen MR) is 67.5 cm³/mol. The molecule has 0 radical (unpaired) electrons. The molecule has 0 saturated heterocycles. The molecule has 0 spiro atoms. The molecule has 0 aromatic heterocycles. The minimum Gasteiger partial charge on any atom is -0.393 e. The van der Waals surface area contributed by atoms with E-state index in [0.29, 0.717) is 12.5 Å². The van der Waals surface area contributed by atoms with E-state index in [1.54, 1.807) is 0 Å². The molecule has 3 N–H and O–H groups in total. The van der Waals surface area contributed by atoms with Gasteiger partial charge in [-0.2, -0.15) is 0 Å². The van der Waals surface area contributed by atoms with Crippen LogP contribution in [-0.4, -0.2) is 29.4 Å². The molecule has 1 fully saturated rings. The van der Waals surface area contributed by atoms with Gasteiger partial charge < -0.3 is 15.5 Å². The van der Waals surface area contributed by atoms with E-state index >= 15 is 0 Å². The fourth-order valence-electron chi connectivity index (χ4n) is 2.54. The second-order valence-electron chi connectivity index (χ2n) is 5.17. The van der Waals surface area contributed by atoms with E-state index in [-0.39, 0.29) is 18.2 Å². The molecule has 1 aromatic carbocycles. The normalized spacial score (nSPS) is 24.6. The monoisotopic (exact) mass is 271 g/mol. The van der Waals surface area contributed by atoms with Crippen molar-refractivity contribution in [2.24, 2.45) is 5.92 Å². The summed E-state index contributed by atoms with van der Waals surface area (Å²) in [7, 11) is 0. The number of aliphatic hydroxyl groups is 2. The molecule has 0 aliphatic heterocycles.